The Morgan fingerprint density at radius 3 is 2.54 bits per heavy atom. The second-order valence-electron chi connectivity index (χ2n) is 6.85. The number of fused-ring (bicyclic) bond motifs is 1. The van der Waals surface area contributed by atoms with Gasteiger partial charge >= 0.3 is 5.63 Å². The number of benzene rings is 2. The lowest BCUT2D eigenvalue weighted by molar-refractivity contribution is -0.114. The van der Waals surface area contributed by atoms with Gasteiger partial charge in [-0.3, -0.25) is 9.69 Å². The van der Waals surface area contributed by atoms with E-state index in [1.807, 2.05) is 37.4 Å². The van der Waals surface area contributed by atoms with Gasteiger partial charge in [0.05, 0.1) is 7.11 Å². The minimum absolute atomic E-state index is 0.145. The highest BCUT2D eigenvalue weighted by molar-refractivity contribution is 5.92. The summed E-state index contributed by atoms with van der Waals surface area (Å²) < 4.78 is 10.6. The number of carbonyl (C=O) groups is 1. The molecule has 6 heteroatoms. The number of rotatable bonds is 6. The van der Waals surface area contributed by atoms with E-state index < -0.39 is 5.63 Å². The third-order valence-electron chi connectivity index (χ3n) is 4.83. The molecule has 0 aliphatic rings. The number of carbonyl (C=O) groups excluding carboxylic acids is 1. The molecule has 0 radical (unpaired) electrons. The van der Waals surface area contributed by atoms with Gasteiger partial charge in [-0.15, -0.1) is 0 Å². The van der Waals surface area contributed by atoms with E-state index >= 15 is 0 Å². The van der Waals surface area contributed by atoms with E-state index in [2.05, 4.69) is 17.1 Å². The fraction of sp³-hybridized carbons (Fsp3) is 0.273. The van der Waals surface area contributed by atoms with Crippen LogP contribution in [0.2, 0.25) is 0 Å². The van der Waals surface area contributed by atoms with Crippen LogP contribution in [0.15, 0.2) is 57.7 Å². The van der Waals surface area contributed by atoms with Crippen LogP contribution in [-0.2, 0) is 11.3 Å². The van der Waals surface area contributed by atoms with Crippen LogP contribution in [0.3, 0.4) is 0 Å². The Balaban J connectivity index is 1.87. The molecule has 0 spiro atoms. The summed E-state index contributed by atoms with van der Waals surface area (Å²) in [6.07, 6.45) is 0. The van der Waals surface area contributed by atoms with Gasteiger partial charge in [0.1, 0.15) is 11.3 Å². The van der Waals surface area contributed by atoms with Crippen molar-refractivity contribution in [1.82, 2.24) is 4.90 Å². The van der Waals surface area contributed by atoms with Gasteiger partial charge in [-0.2, -0.15) is 0 Å². The Bertz CT molecular complexity index is 1040. The van der Waals surface area contributed by atoms with E-state index in [-0.39, 0.29) is 11.9 Å². The van der Waals surface area contributed by atoms with Gasteiger partial charge in [0, 0.05) is 42.7 Å². The molecule has 0 saturated heterocycles. The van der Waals surface area contributed by atoms with Gasteiger partial charge in [-0.05, 0) is 49.4 Å². The third-order valence-corrected chi connectivity index (χ3v) is 4.83. The number of hydrogen-bond donors (Lipinski definition) is 1. The van der Waals surface area contributed by atoms with Gasteiger partial charge in [0.25, 0.3) is 0 Å². The molecular formula is C22H24N2O4. The summed E-state index contributed by atoms with van der Waals surface area (Å²) in [5, 5.41) is 3.55. The lowest BCUT2D eigenvalue weighted by atomic mass is 10.0. The summed E-state index contributed by atoms with van der Waals surface area (Å²) in [7, 11) is 3.66. The van der Waals surface area contributed by atoms with Crippen LogP contribution in [0.4, 0.5) is 5.69 Å². The number of methoxy groups -OCH3 is 1. The number of anilines is 1. The van der Waals surface area contributed by atoms with Crippen molar-refractivity contribution in [2.45, 2.75) is 26.4 Å². The van der Waals surface area contributed by atoms with Crippen molar-refractivity contribution in [2.24, 2.45) is 0 Å². The van der Waals surface area contributed by atoms with Crippen LogP contribution in [0, 0.1) is 0 Å². The molecular weight excluding hydrogens is 356 g/mol. The summed E-state index contributed by atoms with van der Waals surface area (Å²) in [6, 6.07) is 15.0. The van der Waals surface area contributed by atoms with E-state index in [1.54, 1.807) is 19.2 Å². The SMILES string of the molecule is COc1ccc(C(C)N(C)Cc2cc(=O)oc3cc(NC(C)=O)ccc23)cc1. The number of nitrogens with one attached hydrogen (secondary N) is 1. The molecule has 0 bridgehead atoms. The summed E-state index contributed by atoms with van der Waals surface area (Å²) in [6.45, 7) is 4.13. The second kappa shape index (κ2) is 8.27. The van der Waals surface area contributed by atoms with Crippen molar-refractivity contribution in [1.29, 1.82) is 0 Å². The molecule has 1 N–H and O–H groups in total. The van der Waals surface area contributed by atoms with Crippen molar-refractivity contribution >= 4 is 22.6 Å². The molecule has 1 atom stereocenters. The molecule has 0 aliphatic heterocycles. The summed E-state index contributed by atoms with van der Waals surface area (Å²) in [5.74, 6) is 0.645. The molecule has 1 aromatic heterocycles. The van der Waals surface area contributed by atoms with E-state index in [0.717, 1.165) is 22.3 Å². The second-order valence-corrected chi connectivity index (χ2v) is 6.85. The fourth-order valence-corrected chi connectivity index (χ4v) is 3.18. The smallest absolute Gasteiger partial charge is 0.336 e. The van der Waals surface area contributed by atoms with Crippen LogP contribution < -0.4 is 15.7 Å². The third kappa shape index (κ3) is 4.40. The number of nitrogens with zero attached hydrogens (tertiary/aromatic N) is 1. The maximum atomic E-state index is 12.0. The first-order chi connectivity index (χ1) is 13.4. The maximum Gasteiger partial charge on any atom is 0.336 e. The Hall–Kier alpha value is -3.12. The molecule has 3 rings (SSSR count). The van der Waals surface area contributed by atoms with E-state index in [4.69, 9.17) is 9.15 Å². The zero-order valence-electron chi connectivity index (χ0n) is 16.5. The molecule has 0 saturated carbocycles. The van der Waals surface area contributed by atoms with Crippen LogP contribution in [0.25, 0.3) is 11.0 Å². The summed E-state index contributed by atoms with van der Waals surface area (Å²) >= 11 is 0. The standard InChI is InChI=1S/C22H24N2O4/c1-14(16-5-8-19(27-4)9-6-16)24(3)13-17-11-22(26)28-21-12-18(23-15(2)25)7-10-20(17)21/h5-12,14H,13H2,1-4H3,(H,23,25). The van der Waals surface area contributed by atoms with Gasteiger partial charge in [-0.25, -0.2) is 4.79 Å². The topological polar surface area (TPSA) is 71.8 Å². The average Bonchev–Trinajstić information content (AvgIpc) is 2.66. The Morgan fingerprint density at radius 1 is 1.18 bits per heavy atom. The predicted octanol–water partition coefficient (Wildman–Crippen LogP) is 3.95. The Labute approximate surface area is 163 Å². The largest absolute Gasteiger partial charge is 0.497 e. The minimum atomic E-state index is -0.409. The maximum absolute atomic E-state index is 12.0. The monoisotopic (exact) mass is 380 g/mol. The van der Waals surface area contributed by atoms with Crippen molar-refractivity contribution in [3.05, 3.63) is 70.1 Å². The highest BCUT2D eigenvalue weighted by atomic mass is 16.5. The lowest BCUT2D eigenvalue weighted by Gasteiger charge is -2.25. The molecule has 1 amide bonds. The van der Waals surface area contributed by atoms with Crippen molar-refractivity contribution in [3.63, 3.8) is 0 Å². The number of amides is 1. The molecule has 0 fully saturated rings. The Kier molecular flexibility index (Phi) is 5.80. The molecule has 6 nitrogen and oxygen atoms in total. The molecule has 0 aliphatic carbocycles. The Morgan fingerprint density at radius 2 is 1.89 bits per heavy atom. The van der Waals surface area contributed by atoms with Crippen LogP contribution in [0.5, 0.6) is 5.75 Å². The van der Waals surface area contributed by atoms with Crippen molar-refractivity contribution in [3.8, 4) is 5.75 Å². The van der Waals surface area contributed by atoms with Gasteiger partial charge in [-0.1, -0.05) is 12.1 Å². The first kappa shape index (κ1) is 19.6. The van der Waals surface area contributed by atoms with E-state index in [9.17, 15) is 9.59 Å². The van der Waals surface area contributed by atoms with Gasteiger partial charge in [0.15, 0.2) is 0 Å². The summed E-state index contributed by atoms with van der Waals surface area (Å²) in [4.78, 5) is 25.5. The first-order valence-electron chi connectivity index (χ1n) is 9.06. The van der Waals surface area contributed by atoms with Crippen LogP contribution >= 0.6 is 0 Å². The molecule has 1 heterocycles. The molecule has 146 valence electrons. The predicted molar refractivity (Wildman–Crippen MR) is 110 cm³/mol. The molecule has 1 unspecified atom stereocenters. The zero-order valence-corrected chi connectivity index (χ0v) is 16.5. The van der Waals surface area contributed by atoms with Gasteiger partial charge in [0.2, 0.25) is 5.91 Å². The van der Waals surface area contributed by atoms with Crippen LogP contribution in [0.1, 0.15) is 31.0 Å². The zero-order chi connectivity index (χ0) is 20.3. The molecule has 2 aromatic carbocycles. The minimum Gasteiger partial charge on any atom is -0.497 e. The van der Waals surface area contributed by atoms with Crippen LogP contribution in [-0.4, -0.2) is 25.0 Å². The number of ether oxygens (including phenoxy) is 1. The van der Waals surface area contributed by atoms with E-state index in [0.29, 0.717) is 17.8 Å². The van der Waals surface area contributed by atoms with E-state index in [1.165, 1.54) is 13.0 Å². The van der Waals surface area contributed by atoms with Crippen molar-refractivity contribution in [2.75, 3.05) is 19.5 Å². The highest BCUT2D eigenvalue weighted by Crippen LogP contribution is 2.26. The quantitative estimate of drug-likeness (QED) is 0.656. The fourth-order valence-electron chi connectivity index (χ4n) is 3.18. The lowest BCUT2D eigenvalue weighted by Crippen LogP contribution is -2.22. The molecule has 3 aromatic rings. The average molecular weight is 380 g/mol. The number of hydrogen-bond acceptors (Lipinski definition) is 5. The highest BCUT2D eigenvalue weighted by Gasteiger charge is 2.15. The summed E-state index contributed by atoms with van der Waals surface area (Å²) in [5.41, 5.74) is 2.68. The first-order valence-corrected chi connectivity index (χ1v) is 9.06. The normalized spacial score (nSPS) is 12.2. The van der Waals surface area contributed by atoms with Crippen molar-refractivity contribution < 1.29 is 13.9 Å². The van der Waals surface area contributed by atoms with Gasteiger partial charge < -0.3 is 14.5 Å². The molecule has 28 heavy (non-hydrogen) atoms.